The number of carbonyl (C=O) groups is 1. The molecule has 0 aliphatic rings. The lowest BCUT2D eigenvalue weighted by Gasteiger charge is -2.11. The molecular formula is C24H27N3O2. The van der Waals surface area contributed by atoms with Crippen LogP contribution in [0.3, 0.4) is 0 Å². The van der Waals surface area contributed by atoms with Crippen LogP contribution in [0, 0.1) is 13.8 Å². The van der Waals surface area contributed by atoms with Gasteiger partial charge in [0.05, 0.1) is 5.56 Å². The number of rotatable bonds is 7. The fraction of sp³-hybridized carbons (Fsp3) is 0.250. The Hall–Kier alpha value is -3.34. The number of anilines is 2. The average molecular weight is 389 g/mol. The number of amides is 1. The Labute approximate surface area is 171 Å². The van der Waals surface area contributed by atoms with Crippen molar-refractivity contribution >= 4 is 17.4 Å². The van der Waals surface area contributed by atoms with Crippen molar-refractivity contribution in [1.29, 1.82) is 0 Å². The molecule has 0 atom stereocenters. The summed E-state index contributed by atoms with van der Waals surface area (Å²) in [6, 6.07) is 17.2. The average Bonchev–Trinajstić information content (AvgIpc) is 2.71. The zero-order valence-electron chi connectivity index (χ0n) is 17.2. The number of aryl methyl sites for hydroxylation is 3. The van der Waals surface area contributed by atoms with Gasteiger partial charge in [0.15, 0.2) is 0 Å². The molecule has 150 valence electrons. The summed E-state index contributed by atoms with van der Waals surface area (Å²) in [5, 5.41) is 2.85. The van der Waals surface area contributed by atoms with Gasteiger partial charge in [0.25, 0.3) is 5.91 Å². The molecule has 0 aliphatic heterocycles. The Bertz CT molecular complexity index is 980. The van der Waals surface area contributed by atoms with Crippen molar-refractivity contribution in [3.05, 3.63) is 77.0 Å². The molecule has 3 aromatic rings. The summed E-state index contributed by atoms with van der Waals surface area (Å²) in [7, 11) is 0. The summed E-state index contributed by atoms with van der Waals surface area (Å²) >= 11 is 0. The van der Waals surface area contributed by atoms with Gasteiger partial charge >= 0.3 is 0 Å². The maximum atomic E-state index is 12.5. The Kier molecular flexibility index (Phi) is 6.50. The molecule has 2 aromatic carbocycles. The Balaban J connectivity index is 1.63. The van der Waals surface area contributed by atoms with E-state index in [1.807, 2.05) is 38.1 Å². The van der Waals surface area contributed by atoms with E-state index in [1.165, 1.54) is 18.4 Å². The Morgan fingerprint density at radius 3 is 2.28 bits per heavy atom. The van der Waals surface area contributed by atoms with E-state index in [9.17, 15) is 4.79 Å². The quantitative estimate of drug-likeness (QED) is 0.546. The second kappa shape index (κ2) is 9.24. The third-order valence-corrected chi connectivity index (χ3v) is 4.83. The van der Waals surface area contributed by atoms with E-state index in [0.29, 0.717) is 17.0 Å². The molecule has 0 unspecified atom stereocenters. The normalized spacial score (nSPS) is 10.6. The summed E-state index contributed by atoms with van der Waals surface area (Å²) in [5.41, 5.74) is 9.99. The number of pyridine rings is 1. The SMILES string of the molecule is CCCCc1ccc(Oc2ccc(NC(=O)c3cc(C)c(C)nc3N)cc2)cc1. The number of nitrogens with two attached hydrogens (primary N) is 1. The lowest BCUT2D eigenvalue weighted by atomic mass is 10.1. The van der Waals surface area contributed by atoms with Crippen LogP contribution >= 0.6 is 0 Å². The maximum absolute atomic E-state index is 12.5. The standard InChI is InChI=1S/C24H27N3O2/c1-4-5-6-18-7-11-20(12-8-18)29-21-13-9-19(10-14-21)27-24(28)22-15-16(2)17(3)26-23(22)25/h7-15H,4-6H2,1-3H3,(H2,25,26)(H,27,28). The van der Waals surface area contributed by atoms with E-state index in [-0.39, 0.29) is 11.7 Å². The van der Waals surface area contributed by atoms with Crippen LogP contribution in [-0.2, 0) is 6.42 Å². The van der Waals surface area contributed by atoms with Crippen LogP contribution in [0.15, 0.2) is 54.6 Å². The topological polar surface area (TPSA) is 77.2 Å². The number of benzene rings is 2. The molecule has 0 spiro atoms. The van der Waals surface area contributed by atoms with Crippen LogP contribution in [0.1, 0.15) is 46.9 Å². The van der Waals surface area contributed by atoms with Crippen LogP contribution in [0.4, 0.5) is 11.5 Å². The zero-order valence-corrected chi connectivity index (χ0v) is 17.2. The lowest BCUT2D eigenvalue weighted by Crippen LogP contribution is -2.15. The van der Waals surface area contributed by atoms with Crippen molar-refractivity contribution in [3.8, 4) is 11.5 Å². The monoisotopic (exact) mass is 389 g/mol. The van der Waals surface area contributed by atoms with Gasteiger partial charge in [-0.15, -0.1) is 0 Å². The van der Waals surface area contributed by atoms with Gasteiger partial charge in [-0.2, -0.15) is 0 Å². The highest BCUT2D eigenvalue weighted by Gasteiger charge is 2.13. The van der Waals surface area contributed by atoms with E-state index >= 15 is 0 Å². The van der Waals surface area contributed by atoms with Crippen LogP contribution < -0.4 is 15.8 Å². The number of nitrogens with zero attached hydrogens (tertiary/aromatic N) is 1. The van der Waals surface area contributed by atoms with Crippen molar-refractivity contribution in [2.75, 3.05) is 11.1 Å². The second-order valence-corrected chi connectivity index (χ2v) is 7.15. The zero-order chi connectivity index (χ0) is 20.8. The highest BCUT2D eigenvalue weighted by Crippen LogP contribution is 2.24. The van der Waals surface area contributed by atoms with Crippen LogP contribution in [0.5, 0.6) is 11.5 Å². The van der Waals surface area contributed by atoms with Crippen molar-refractivity contribution in [3.63, 3.8) is 0 Å². The van der Waals surface area contributed by atoms with E-state index in [2.05, 4.69) is 29.4 Å². The number of nitrogens with one attached hydrogen (secondary N) is 1. The van der Waals surface area contributed by atoms with Gasteiger partial charge in [0, 0.05) is 11.4 Å². The molecule has 0 saturated carbocycles. The Morgan fingerprint density at radius 2 is 1.66 bits per heavy atom. The fourth-order valence-corrected chi connectivity index (χ4v) is 2.95. The summed E-state index contributed by atoms with van der Waals surface area (Å²) in [6.07, 6.45) is 3.47. The van der Waals surface area contributed by atoms with Gasteiger partial charge in [-0.25, -0.2) is 4.98 Å². The number of carbonyl (C=O) groups excluding carboxylic acids is 1. The first kappa shape index (κ1) is 20.4. The molecule has 3 rings (SSSR count). The predicted molar refractivity (Wildman–Crippen MR) is 118 cm³/mol. The molecule has 1 amide bonds. The predicted octanol–water partition coefficient (Wildman–Crippen LogP) is 5.67. The maximum Gasteiger partial charge on any atom is 0.259 e. The van der Waals surface area contributed by atoms with Gasteiger partial charge in [0.2, 0.25) is 0 Å². The van der Waals surface area contributed by atoms with E-state index in [1.54, 1.807) is 18.2 Å². The van der Waals surface area contributed by atoms with E-state index in [4.69, 9.17) is 10.5 Å². The van der Waals surface area contributed by atoms with Gasteiger partial charge < -0.3 is 15.8 Å². The highest BCUT2D eigenvalue weighted by atomic mass is 16.5. The van der Waals surface area contributed by atoms with Crippen molar-refractivity contribution in [2.45, 2.75) is 40.0 Å². The third-order valence-electron chi connectivity index (χ3n) is 4.83. The number of unbranched alkanes of at least 4 members (excludes halogenated alkanes) is 1. The van der Waals surface area contributed by atoms with Crippen LogP contribution in [0.25, 0.3) is 0 Å². The number of hydrogen-bond acceptors (Lipinski definition) is 4. The Morgan fingerprint density at radius 1 is 1.03 bits per heavy atom. The molecule has 1 heterocycles. The minimum Gasteiger partial charge on any atom is -0.457 e. The minimum atomic E-state index is -0.283. The molecule has 0 radical (unpaired) electrons. The van der Waals surface area contributed by atoms with E-state index in [0.717, 1.165) is 23.4 Å². The van der Waals surface area contributed by atoms with Gasteiger partial charge in [0.1, 0.15) is 17.3 Å². The molecule has 0 saturated heterocycles. The second-order valence-electron chi connectivity index (χ2n) is 7.15. The van der Waals surface area contributed by atoms with E-state index < -0.39 is 0 Å². The molecule has 1 aromatic heterocycles. The fourth-order valence-electron chi connectivity index (χ4n) is 2.95. The van der Waals surface area contributed by atoms with Crippen molar-refractivity contribution < 1.29 is 9.53 Å². The first-order valence-electron chi connectivity index (χ1n) is 9.88. The smallest absolute Gasteiger partial charge is 0.259 e. The van der Waals surface area contributed by atoms with Crippen molar-refractivity contribution in [1.82, 2.24) is 4.98 Å². The van der Waals surface area contributed by atoms with Crippen molar-refractivity contribution in [2.24, 2.45) is 0 Å². The third kappa shape index (κ3) is 5.35. The number of aromatic nitrogens is 1. The lowest BCUT2D eigenvalue weighted by molar-refractivity contribution is 0.102. The molecular weight excluding hydrogens is 362 g/mol. The molecule has 0 bridgehead atoms. The summed E-state index contributed by atoms with van der Waals surface area (Å²) < 4.78 is 5.89. The summed E-state index contributed by atoms with van der Waals surface area (Å²) in [5.74, 6) is 1.44. The largest absolute Gasteiger partial charge is 0.457 e. The number of ether oxygens (including phenoxy) is 1. The molecule has 0 aliphatic carbocycles. The van der Waals surface area contributed by atoms with Gasteiger partial charge in [-0.1, -0.05) is 25.5 Å². The number of nitrogen functional groups attached to an aromatic ring is 1. The molecule has 0 fully saturated rings. The molecule has 3 N–H and O–H groups in total. The van der Waals surface area contributed by atoms with Gasteiger partial charge in [-0.3, -0.25) is 4.79 Å². The summed E-state index contributed by atoms with van der Waals surface area (Å²) in [4.78, 5) is 16.7. The highest BCUT2D eigenvalue weighted by molar-refractivity contribution is 6.07. The first-order chi connectivity index (χ1) is 14.0. The van der Waals surface area contributed by atoms with Crippen LogP contribution in [-0.4, -0.2) is 10.9 Å². The number of hydrogen-bond donors (Lipinski definition) is 2. The summed E-state index contributed by atoms with van der Waals surface area (Å²) in [6.45, 7) is 5.96. The first-order valence-corrected chi connectivity index (χ1v) is 9.88. The van der Waals surface area contributed by atoms with Gasteiger partial charge in [-0.05, 0) is 80.3 Å². The molecule has 5 heteroatoms. The molecule has 29 heavy (non-hydrogen) atoms. The van der Waals surface area contributed by atoms with Crippen LogP contribution in [0.2, 0.25) is 0 Å². The minimum absolute atomic E-state index is 0.230. The molecule has 5 nitrogen and oxygen atoms in total.